The van der Waals surface area contributed by atoms with Gasteiger partial charge in [0.05, 0.1) is 25.4 Å². The highest BCUT2D eigenvalue weighted by Gasteiger charge is 2.23. The topological polar surface area (TPSA) is 83.3 Å². The Morgan fingerprint density at radius 1 is 1.25 bits per heavy atom. The van der Waals surface area contributed by atoms with Gasteiger partial charge in [-0.2, -0.15) is 10.2 Å². The molecule has 1 aliphatic heterocycles. The van der Waals surface area contributed by atoms with E-state index in [1.165, 1.54) is 12.7 Å². The van der Waals surface area contributed by atoms with Crippen LogP contribution in [0.15, 0.2) is 48.7 Å². The van der Waals surface area contributed by atoms with Crippen LogP contribution < -0.4 is 19.7 Å². The smallest absolute Gasteiger partial charge is 0.229 e. The first-order valence-corrected chi connectivity index (χ1v) is 8.88. The van der Waals surface area contributed by atoms with Crippen LogP contribution in [-0.2, 0) is 0 Å². The first-order valence-electron chi connectivity index (χ1n) is 8.88. The Labute approximate surface area is 163 Å². The van der Waals surface area contributed by atoms with E-state index in [0.29, 0.717) is 36.2 Å². The first kappa shape index (κ1) is 17.6. The summed E-state index contributed by atoms with van der Waals surface area (Å²) >= 11 is 0. The molecule has 7 nitrogen and oxygen atoms in total. The van der Waals surface area contributed by atoms with Crippen LogP contribution in [0.4, 0.5) is 23.1 Å². The van der Waals surface area contributed by atoms with Crippen molar-refractivity contribution in [2.75, 3.05) is 30.5 Å². The zero-order valence-corrected chi connectivity index (χ0v) is 15.6. The van der Waals surface area contributed by atoms with Gasteiger partial charge in [0, 0.05) is 17.4 Å². The van der Waals surface area contributed by atoms with E-state index in [0.717, 1.165) is 17.2 Å². The zero-order chi connectivity index (χ0) is 19.5. The number of para-hydroxylation sites is 1. The summed E-state index contributed by atoms with van der Waals surface area (Å²) < 4.78 is 11.0. The number of nitrogens with one attached hydrogen (secondary N) is 1. The maximum atomic E-state index is 9.13. The normalized spacial score (nSPS) is 12.5. The van der Waals surface area contributed by atoms with Gasteiger partial charge >= 0.3 is 0 Å². The summed E-state index contributed by atoms with van der Waals surface area (Å²) in [5.41, 5.74) is 3.46. The number of aryl methyl sites for hydroxylation is 1. The predicted molar refractivity (Wildman–Crippen MR) is 107 cm³/mol. The minimum Gasteiger partial charge on any atom is -0.495 e. The van der Waals surface area contributed by atoms with Gasteiger partial charge in [0.15, 0.2) is 11.6 Å². The molecule has 2 aromatic carbocycles. The Bertz CT molecular complexity index is 1060. The number of benzene rings is 2. The molecule has 0 amide bonds. The van der Waals surface area contributed by atoms with E-state index >= 15 is 0 Å². The highest BCUT2D eigenvalue weighted by molar-refractivity contribution is 5.70. The van der Waals surface area contributed by atoms with Crippen molar-refractivity contribution in [1.82, 2.24) is 9.97 Å². The molecule has 0 unspecified atom stereocenters. The number of anilines is 4. The standard InChI is InChI=1S/C21H19N5O2/c1-14-5-3-4-6-17(14)26-9-10-28-19-13-23-21(25-20(19)26)24-16-8-7-15(12-22)18(11-16)27-2/h3-8,11,13H,9-10H2,1-2H3,(H,23,24,25). The van der Waals surface area contributed by atoms with Crippen molar-refractivity contribution in [2.45, 2.75) is 6.92 Å². The molecule has 3 aromatic rings. The lowest BCUT2D eigenvalue weighted by atomic mass is 10.1. The Kier molecular flexibility index (Phi) is 4.68. The molecular weight excluding hydrogens is 354 g/mol. The van der Waals surface area contributed by atoms with Crippen molar-refractivity contribution >= 4 is 23.1 Å². The van der Waals surface area contributed by atoms with E-state index in [4.69, 9.17) is 14.7 Å². The van der Waals surface area contributed by atoms with Gasteiger partial charge in [-0.05, 0) is 30.7 Å². The summed E-state index contributed by atoms with van der Waals surface area (Å²) in [6.45, 7) is 3.36. The van der Waals surface area contributed by atoms with Gasteiger partial charge < -0.3 is 19.7 Å². The molecule has 28 heavy (non-hydrogen) atoms. The van der Waals surface area contributed by atoms with Gasteiger partial charge in [-0.15, -0.1) is 0 Å². The van der Waals surface area contributed by atoms with Crippen LogP contribution in [0.3, 0.4) is 0 Å². The van der Waals surface area contributed by atoms with Crippen LogP contribution in [0, 0.1) is 18.3 Å². The van der Waals surface area contributed by atoms with Crippen LogP contribution in [0.2, 0.25) is 0 Å². The van der Waals surface area contributed by atoms with Gasteiger partial charge in [0.25, 0.3) is 0 Å². The molecule has 1 aliphatic rings. The molecular formula is C21H19N5O2. The van der Waals surface area contributed by atoms with Crippen molar-refractivity contribution in [3.05, 3.63) is 59.8 Å². The number of methoxy groups -OCH3 is 1. The summed E-state index contributed by atoms with van der Waals surface area (Å²) in [6.07, 6.45) is 1.68. The van der Waals surface area contributed by atoms with Crippen molar-refractivity contribution in [1.29, 1.82) is 5.26 Å². The van der Waals surface area contributed by atoms with Crippen LogP contribution >= 0.6 is 0 Å². The summed E-state index contributed by atoms with van der Waals surface area (Å²) in [5, 5.41) is 12.3. The van der Waals surface area contributed by atoms with Gasteiger partial charge in [-0.25, -0.2) is 4.98 Å². The number of fused-ring (bicyclic) bond motifs is 1. The van der Waals surface area contributed by atoms with Crippen molar-refractivity contribution in [3.8, 4) is 17.6 Å². The molecule has 0 radical (unpaired) electrons. The summed E-state index contributed by atoms with van der Waals surface area (Å²) in [6, 6.07) is 15.5. The summed E-state index contributed by atoms with van der Waals surface area (Å²) in [4.78, 5) is 11.2. The number of nitrogens with zero attached hydrogens (tertiary/aromatic N) is 4. The zero-order valence-electron chi connectivity index (χ0n) is 15.6. The average Bonchev–Trinajstić information content (AvgIpc) is 2.73. The average molecular weight is 373 g/mol. The van der Waals surface area contributed by atoms with Gasteiger partial charge in [0.2, 0.25) is 5.95 Å². The van der Waals surface area contributed by atoms with Crippen molar-refractivity contribution in [2.24, 2.45) is 0 Å². The second-order valence-corrected chi connectivity index (χ2v) is 6.32. The minimum absolute atomic E-state index is 0.439. The second kappa shape index (κ2) is 7.45. The number of aromatic nitrogens is 2. The van der Waals surface area contributed by atoms with E-state index in [1.54, 1.807) is 24.4 Å². The Morgan fingerprint density at radius 3 is 2.89 bits per heavy atom. The molecule has 0 spiro atoms. The highest BCUT2D eigenvalue weighted by atomic mass is 16.5. The predicted octanol–water partition coefficient (Wildman–Crippen LogP) is 3.94. The largest absolute Gasteiger partial charge is 0.495 e. The molecule has 0 bridgehead atoms. The number of hydrogen-bond donors (Lipinski definition) is 1. The van der Waals surface area contributed by atoms with Gasteiger partial charge in [-0.1, -0.05) is 18.2 Å². The van der Waals surface area contributed by atoms with Crippen molar-refractivity contribution < 1.29 is 9.47 Å². The van der Waals surface area contributed by atoms with E-state index in [2.05, 4.69) is 45.3 Å². The molecule has 4 rings (SSSR count). The number of ether oxygens (including phenoxy) is 2. The Morgan fingerprint density at radius 2 is 2.11 bits per heavy atom. The molecule has 7 heteroatoms. The molecule has 0 aliphatic carbocycles. The van der Waals surface area contributed by atoms with Crippen LogP contribution in [0.5, 0.6) is 11.5 Å². The molecule has 0 saturated heterocycles. The fraction of sp³-hybridized carbons (Fsp3) is 0.190. The SMILES string of the molecule is COc1cc(Nc2ncc3c(n2)N(c2ccccc2C)CCO3)ccc1C#N. The summed E-state index contributed by atoms with van der Waals surface area (Å²) in [5.74, 6) is 2.31. The fourth-order valence-corrected chi connectivity index (χ4v) is 3.16. The van der Waals surface area contributed by atoms with Gasteiger partial charge in [-0.3, -0.25) is 0 Å². The maximum Gasteiger partial charge on any atom is 0.229 e. The van der Waals surface area contributed by atoms with E-state index in [-0.39, 0.29) is 0 Å². The Hall–Kier alpha value is -3.79. The highest BCUT2D eigenvalue weighted by Crippen LogP contribution is 2.36. The third-order valence-corrected chi connectivity index (χ3v) is 4.55. The third kappa shape index (κ3) is 3.28. The number of hydrogen-bond acceptors (Lipinski definition) is 7. The molecule has 1 N–H and O–H groups in total. The lowest BCUT2D eigenvalue weighted by molar-refractivity contribution is 0.310. The third-order valence-electron chi connectivity index (χ3n) is 4.55. The molecule has 1 aromatic heterocycles. The quantitative estimate of drug-likeness (QED) is 0.741. The lowest BCUT2D eigenvalue weighted by Gasteiger charge is -2.31. The van der Waals surface area contributed by atoms with Crippen LogP contribution in [-0.4, -0.2) is 30.2 Å². The van der Waals surface area contributed by atoms with Crippen LogP contribution in [0.1, 0.15) is 11.1 Å². The van der Waals surface area contributed by atoms with E-state index in [1.807, 2.05) is 12.1 Å². The summed E-state index contributed by atoms with van der Waals surface area (Å²) in [7, 11) is 1.53. The maximum absolute atomic E-state index is 9.13. The second-order valence-electron chi connectivity index (χ2n) is 6.32. The van der Waals surface area contributed by atoms with Crippen molar-refractivity contribution in [3.63, 3.8) is 0 Å². The van der Waals surface area contributed by atoms with E-state index in [9.17, 15) is 0 Å². The van der Waals surface area contributed by atoms with Crippen LogP contribution in [0.25, 0.3) is 0 Å². The monoisotopic (exact) mass is 373 g/mol. The minimum atomic E-state index is 0.439. The lowest BCUT2D eigenvalue weighted by Crippen LogP contribution is -2.30. The first-order chi connectivity index (χ1) is 13.7. The molecule has 140 valence electrons. The number of rotatable bonds is 4. The molecule has 0 saturated carbocycles. The molecule has 0 atom stereocenters. The molecule has 2 heterocycles. The van der Waals surface area contributed by atoms with E-state index < -0.39 is 0 Å². The Balaban J connectivity index is 1.68. The molecule has 0 fully saturated rings. The van der Waals surface area contributed by atoms with Gasteiger partial charge in [0.1, 0.15) is 18.4 Å². The fourth-order valence-electron chi connectivity index (χ4n) is 3.16. The number of nitriles is 1.